The van der Waals surface area contributed by atoms with Gasteiger partial charge in [-0.1, -0.05) is 0 Å². The zero-order valence-corrected chi connectivity index (χ0v) is 14.9. The van der Waals surface area contributed by atoms with E-state index in [1.54, 1.807) is 25.7 Å². The number of nitro groups is 2. The van der Waals surface area contributed by atoms with E-state index in [0.29, 0.717) is 31.6 Å². The summed E-state index contributed by atoms with van der Waals surface area (Å²) in [6.07, 6.45) is 0.693. The second-order valence-electron chi connectivity index (χ2n) is 7.09. The molecule has 1 N–H and O–H groups in total. The van der Waals surface area contributed by atoms with Crippen LogP contribution in [0.25, 0.3) is 0 Å². The summed E-state index contributed by atoms with van der Waals surface area (Å²) in [5, 5.41) is 24.9. The number of amides is 1. The average Bonchev–Trinajstić information content (AvgIpc) is 2.53. The Morgan fingerprint density at radius 2 is 1.81 bits per heavy atom. The van der Waals surface area contributed by atoms with E-state index in [2.05, 4.69) is 5.32 Å². The van der Waals surface area contributed by atoms with E-state index >= 15 is 0 Å². The van der Waals surface area contributed by atoms with Gasteiger partial charge in [-0.05, 0) is 39.7 Å². The van der Waals surface area contributed by atoms with Gasteiger partial charge in [0.2, 0.25) is 0 Å². The minimum Gasteiger partial charge on any atom is -0.444 e. The van der Waals surface area contributed by atoms with Crippen molar-refractivity contribution in [3.63, 3.8) is 0 Å². The SMILES string of the molecule is CC(C)(C)OC(=O)NC1CCN(c2ccc([N+](=O)[O-])cc2[N+](=O)[O-])CC1. The van der Waals surface area contributed by atoms with E-state index in [9.17, 15) is 25.0 Å². The minimum absolute atomic E-state index is 0.0850. The van der Waals surface area contributed by atoms with Gasteiger partial charge in [-0.2, -0.15) is 0 Å². The molecule has 0 radical (unpaired) electrons. The third-order valence-electron chi connectivity index (χ3n) is 3.92. The number of nitrogens with one attached hydrogen (secondary N) is 1. The lowest BCUT2D eigenvalue weighted by atomic mass is 10.0. The highest BCUT2D eigenvalue weighted by Gasteiger charge is 2.28. The van der Waals surface area contributed by atoms with Crippen LogP contribution < -0.4 is 10.2 Å². The molecule has 142 valence electrons. The highest BCUT2D eigenvalue weighted by Crippen LogP contribution is 2.33. The van der Waals surface area contributed by atoms with Crippen LogP contribution in [0.15, 0.2) is 18.2 Å². The highest BCUT2D eigenvalue weighted by molar-refractivity contribution is 5.69. The first-order valence-corrected chi connectivity index (χ1v) is 8.24. The summed E-state index contributed by atoms with van der Waals surface area (Å²) in [5.41, 5.74) is -0.847. The third kappa shape index (κ3) is 5.04. The number of alkyl carbamates (subject to hydrolysis) is 1. The number of rotatable bonds is 4. The number of carbonyl (C=O) groups is 1. The molecule has 1 saturated heterocycles. The number of piperidine rings is 1. The largest absolute Gasteiger partial charge is 0.444 e. The van der Waals surface area contributed by atoms with E-state index in [4.69, 9.17) is 4.74 Å². The van der Waals surface area contributed by atoms with Crippen LogP contribution in [0, 0.1) is 20.2 Å². The molecule has 1 amide bonds. The number of carbonyl (C=O) groups excluding carboxylic acids is 1. The number of ether oxygens (including phenoxy) is 1. The van der Waals surface area contributed by atoms with Crippen molar-refractivity contribution >= 4 is 23.2 Å². The first-order chi connectivity index (χ1) is 12.1. The molecular weight excluding hydrogens is 344 g/mol. The van der Waals surface area contributed by atoms with Crippen LogP contribution in [-0.2, 0) is 4.74 Å². The topological polar surface area (TPSA) is 128 Å². The fraction of sp³-hybridized carbons (Fsp3) is 0.562. The second-order valence-corrected chi connectivity index (χ2v) is 7.09. The molecule has 0 unspecified atom stereocenters. The Morgan fingerprint density at radius 3 is 2.31 bits per heavy atom. The number of nitro benzene ring substituents is 2. The molecule has 2 rings (SSSR count). The van der Waals surface area contributed by atoms with Gasteiger partial charge in [-0.15, -0.1) is 0 Å². The van der Waals surface area contributed by atoms with E-state index < -0.39 is 21.5 Å². The summed E-state index contributed by atoms with van der Waals surface area (Å²) >= 11 is 0. The zero-order chi connectivity index (χ0) is 19.5. The molecule has 0 spiro atoms. The Bertz CT molecular complexity index is 707. The molecule has 0 atom stereocenters. The van der Waals surface area contributed by atoms with E-state index in [1.165, 1.54) is 12.1 Å². The molecule has 1 fully saturated rings. The summed E-state index contributed by atoms with van der Waals surface area (Å²) in [5.74, 6) is 0. The predicted molar refractivity (Wildman–Crippen MR) is 94.4 cm³/mol. The quantitative estimate of drug-likeness (QED) is 0.640. The monoisotopic (exact) mass is 366 g/mol. The average molecular weight is 366 g/mol. The fourth-order valence-corrected chi connectivity index (χ4v) is 2.78. The second kappa shape index (κ2) is 7.54. The lowest BCUT2D eigenvalue weighted by Crippen LogP contribution is -2.46. The lowest BCUT2D eigenvalue weighted by Gasteiger charge is -2.33. The fourth-order valence-electron chi connectivity index (χ4n) is 2.78. The van der Waals surface area contributed by atoms with Crippen molar-refractivity contribution < 1.29 is 19.4 Å². The van der Waals surface area contributed by atoms with Crippen LogP contribution >= 0.6 is 0 Å². The summed E-state index contributed by atoms with van der Waals surface area (Å²) in [4.78, 5) is 34.4. The molecule has 1 heterocycles. The van der Waals surface area contributed by atoms with Gasteiger partial charge in [0.25, 0.3) is 11.4 Å². The van der Waals surface area contributed by atoms with Crippen LogP contribution in [0.4, 0.5) is 21.9 Å². The zero-order valence-electron chi connectivity index (χ0n) is 14.9. The van der Waals surface area contributed by atoms with Crippen molar-refractivity contribution in [2.24, 2.45) is 0 Å². The Hall–Kier alpha value is -2.91. The maximum atomic E-state index is 11.8. The van der Waals surface area contributed by atoms with Crippen molar-refractivity contribution in [1.82, 2.24) is 5.32 Å². The van der Waals surface area contributed by atoms with E-state index in [0.717, 1.165) is 6.07 Å². The van der Waals surface area contributed by atoms with Gasteiger partial charge in [0.1, 0.15) is 11.3 Å². The van der Waals surface area contributed by atoms with Crippen LogP contribution in [0.2, 0.25) is 0 Å². The summed E-state index contributed by atoms with van der Waals surface area (Å²) in [7, 11) is 0. The van der Waals surface area contributed by atoms with Gasteiger partial charge in [0, 0.05) is 25.2 Å². The molecule has 1 aromatic carbocycles. The van der Waals surface area contributed by atoms with Crippen LogP contribution in [0.5, 0.6) is 0 Å². The van der Waals surface area contributed by atoms with Gasteiger partial charge >= 0.3 is 6.09 Å². The van der Waals surface area contributed by atoms with Gasteiger partial charge in [0.05, 0.1) is 15.9 Å². The predicted octanol–water partition coefficient (Wildman–Crippen LogP) is 3.00. The molecule has 10 heteroatoms. The first kappa shape index (κ1) is 19.4. The Morgan fingerprint density at radius 1 is 1.19 bits per heavy atom. The van der Waals surface area contributed by atoms with Crippen molar-refractivity contribution in [2.45, 2.75) is 45.3 Å². The Kier molecular flexibility index (Phi) is 5.63. The minimum atomic E-state index is -0.659. The normalized spacial score (nSPS) is 15.4. The Labute approximate surface area is 150 Å². The van der Waals surface area contributed by atoms with Gasteiger partial charge < -0.3 is 15.0 Å². The molecule has 0 bridgehead atoms. The highest BCUT2D eigenvalue weighted by atomic mass is 16.6. The number of hydrogen-bond acceptors (Lipinski definition) is 7. The molecule has 0 saturated carbocycles. The standard InChI is InChI=1S/C16H22N4O6/c1-16(2,3)26-15(21)17-11-6-8-18(9-7-11)13-5-4-12(19(22)23)10-14(13)20(24)25/h4-5,10-11H,6-9H2,1-3H3,(H,17,21). The first-order valence-electron chi connectivity index (χ1n) is 8.24. The van der Waals surface area contributed by atoms with Crippen molar-refractivity contribution in [3.05, 3.63) is 38.4 Å². The third-order valence-corrected chi connectivity index (χ3v) is 3.92. The number of anilines is 1. The van der Waals surface area contributed by atoms with Gasteiger partial charge in [-0.3, -0.25) is 20.2 Å². The van der Waals surface area contributed by atoms with Gasteiger partial charge in [0.15, 0.2) is 0 Å². The molecule has 0 aliphatic carbocycles. The molecule has 0 aromatic heterocycles. The van der Waals surface area contributed by atoms with Crippen LogP contribution in [0.3, 0.4) is 0 Å². The van der Waals surface area contributed by atoms with E-state index in [1.807, 2.05) is 0 Å². The maximum Gasteiger partial charge on any atom is 0.407 e. The van der Waals surface area contributed by atoms with Crippen molar-refractivity contribution in [3.8, 4) is 0 Å². The number of hydrogen-bond donors (Lipinski definition) is 1. The summed E-state index contributed by atoms with van der Waals surface area (Å²) in [6, 6.07) is 3.55. The summed E-state index contributed by atoms with van der Waals surface area (Å²) in [6.45, 7) is 6.31. The van der Waals surface area contributed by atoms with Crippen molar-refractivity contribution in [2.75, 3.05) is 18.0 Å². The van der Waals surface area contributed by atoms with Crippen LogP contribution in [0.1, 0.15) is 33.6 Å². The van der Waals surface area contributed by atoms with Crippen LogP contribution in [-0.4, -0.2) is 40.7 Å². The lowest BCUT2D eigenvalue weighted by molar-refractivity contribution is -0.393. The molecular formula is C16H22N4O6. The van der Waals surface area contributed by atoms with Crippen molar-refractivity contribution in [1.29, 1.82) is 0 Å². The molecule has 1 aliphatic rings. The number of non-ortho nitro benzene ring substituents is 1. The number of nitrogens with zero attached hydrogens (tertiary/aromatic N) is 3. The maximum absolute atomic E-state index is 11.8. The van der Waals surface area contributed by atoms with E-state index in [-0.39, 0.29) is 17.4 Å². The number of benzene rings is 1. The Balaban J connectivity index is 2.02. The molecule has 10 nitrogen and oxygen atoms in total. The van der Waals surface area contributed by atoms with Gasteiger partial charge in [-0.25, -0.2) is 4.79 Å². The smallest absolute Gasteiger partial charge is 0.407 e. The molecule has 26 heavy (non-hydrogen) atoms. The molecule has 1 aliphatic heterocycles. The summed E-state index contributed by atoms with van der Waals surface area (Å²) < 4.78 is 5.22. The molecule has 1 aromatic rings.